The normalized spacial score (nSPS) is 15.9. The van der Waals surface area contributed by atoms with Gasteiger partial charge in [-0.3, -0.25) is 14.9 Å². The van der Waals surface area contributed by atoms with Crippen LogP contribution in [0.1, 0.15) is 34.6 Å². The van der Waals surface area contributed by atoms with Crippen LogP contribution in [0, 0.1) is 17.0 Å². The van der Waals surface area contributed by atoms with Gasteiger partial charge in [-0.1, -0.05) is 11.6 Å². The van der Waals surface area contributed by atoms with E-state index in [-0.39, 0.29) is 54.7 Å². The van der Waals surface area contributed by atoms with E-state index in [1.54, 1.807) is 17.3 Å². The van der Waals surface area contributed by atoms with Crippen molar-refractivity contribution in [2.24, 2.45) is 0 Å². The third kappa shape index (κ3) is 5.24. The summed E-state index contributed by atoms with van der Waals surface area (Å²) in [6.07, 6.45) is 3.82. The molecule has 0 bridgehead atoms. The molecular formula is C19H21ClFN5O3. The number of piperidine rings is 1. The second-order valence-corrected chi connectivity index (χ2v) is 7.55. The Bertz CT molecular complexity index is 901. The SMILES string of the molecule is Cc1cnc(CNCC2(F)CCN(C(=O)c3ccc([N+](=O)[O-])c(Cl)c3)CC2)nc1. The molecule has 0 radical (unpaired) electrons. The number of aromatic nitrogens is 2. The Hall–Kier alpha value is -2.65. The van der Waals surface area contributed by atoms with Gasteiger partial charge in [0.15, 0.2) is 0 Å². The average Bonchev–Trinajstić information content (AvgIpc) is 2.69. The number of halogens is 2. The number of rotatable bonds is 6. The van der Waals surface area contributed by atoms with Crippen LogP contribution in [-0.2, 0) is 6.54 Å². The number of alkyl halides is 1. The number of likely N-dealkylation sites (tertiary alicyclic amines) is 1. The van der Waals surface area contributed by atoms with Crippen LogP contribution in [0.4, 0.5) is 10.1 Å². The molecule has 154 valence electrons. The van der Waals surface area contributed by atoms with Crippen molar-refractivity contribution in [3.63, 3.8) is 0 Å². The van der Waals surface area contributed by atoms with Gasteiger partial charge in [-0.05, 0) is 24.6 Å². The largest absolute Gasteiger partial charge is 0.338 e. The highest BCUT2D eigenvalue weighted by Gasteiger charge is 2.36. The van der Waals surface area contributed by atoms with Gasteiger partial charge in [-0.2, -0.15) is 0 Å². The summed E-state index contributed by atoms with van der Waals surface area (Å²) in [5.74, 6) is 0.284. The number of hydrogen-bond donors (Lipinski definition) is 1. The van der Waals surface area contributed by atoms with Crippen molar-refractivity contribution in [2.45, 2.75) is 32.0 Å². The molecule has 29 heavy (non-hydrogen) atoms. The first-order valence-corrected chi connectivity index (χ1v) is 9.56. The summed E-state index contributed by atoms with van der Waals surface area (Å²) >= 11 is 5.88. The van der Waals surface area contributed by atoms with Gasteiger partial charge in [0.05, 0.1) is 11.5 Å². The molecule has 0 saturated carbocycles. The molecule has 0 unspecified atom stereocenters. The van der Waals surface area contributed by atoms with E-state index in [2.05, 4.69) is 15.3 Å². The van der Waals surface area contributed by atoms with Gasteiger partial charge >= 0.3 is 0 Å². The van der Waals surface area contributed by atoms with Crippen LogP contribution in [0.25, 0.3) is 0 Å². The van der Waals surface area contributed by atoms with Gasteiger partial charge in [0, 0.05) is 56.5 Å². The lowest BCUT2D eigenvalue weighted by molar-refractivity contribution is -0.384. The van der Waals surface area contributed by atoms with E-state index in [1.165, 1.54) is 18.2 Å². The first kappa shape index (κ1) is 21.1. The molecule has 1 amide bonds. The van der Waals surface area contributed by atoms with E-state index in [4.69, 9.17) is 11.6 Å². The Morgan fingerprint density at radius 1 is 1.34 bits per heavy atom. The fourth-order valence-electron chi connectivity index (χ4n) is 3.17. The van der Waals surface area contributed by atoms with Gasteiger partial charge in [-0.25, -0.2) is 14.4 Å². The second-order valence-electron chi connectivity index (χ2n) is 7.15. The van der Waals surface area contributed by atoms with Gasteiger partial charge in [0.25, 0.3) is 11.6 Å². The summed E-state index contributed by atoms with van der Waals surface area (Å²) in [6.45, 7) is 2.93. The molecule has 8 nitrogen and oxygen atoms in total. The minimum Gasteiger partial charge on any atom is -0.338 e. The second kappa shape index (κ2) is 8.79. The first-order chi connectivity index (χ1) is 13.8. The highest BCUT2D eigenvalue weighted by atomic mass is 35.5. The van der Waals surface area contributed by atoms with E-state index in [9.17, 15) is 14.9 Å². The first-order valence-electron chi connectivity index (χ1n) is 9.18. The van der Waals surface area contributed by atoms with Crippen LogP contribution in [0.2, 0.25) is 5.02 Å². The maximum absolute atomic E-state index is 15.0. The lowest BCUT2D eigenvalue weighted by Crippen LogP contribution is -2.48. The van der Waals surface area contributed by atoms with Crippen molar-refractivity contribution in [3.05, 3.63) is 62.7 Å². The lowest BCUT2D eigenvalue weighted by Gasteiger charge is -2.36. The zero-order valence-electron chi connectivity index (χ0n) is 15.9. The Labute approximate surface area is 172 Å². The number of hydrogen-bond acceptors (Lipinski definition) is 6. The molecule has 0 spiro atoms. The molecule has 2 heterocycles. The zero-order chi connectivity index (χ0) is 21.0. The monoisotopic (exact) mass is 421 g/mol. The van der Waals surface area contributed by atoms with Crippen molar-refractivity contribution < 1.29 is 14.1 Å². The molecular weight excluding hydrogens is 401 g/mol. The summed E-state index contributed by atoms with van der Waals surface area (Å²) in [7, 11) is 0. The standard InChI is InChI=1S/C19H21ClFN5O3/c1-13-9-23-17(24-10-13)11-22-12-19(21)4-6-25(7-5-19)18(27)14-2-3-16(26(28)29)15(20)8-14/h2-3,8-10,22H,4-7,11-12H2,1H3. The molecule has 0 aliphatic carbocycles. The van der Waals surface area contributed by atoms with Crippen molar-refractivity contribution >= 4 is 23.2 Å². The van der Waals surface area contributed by atoms with E-state index in [1.807, 2.05) is 6.92 Å². The van der Waals surface area contributed by atoms with E-state index in [0.29, 0.717) is 12.4 Å². The highest BCUT2D eigenvalue weighted by Crippen LogP contribution is 2.29. The van der Waals surface area contributed by atoms with Gasteiger partial charge in [0.1, 0.15) is 16.5 Å². The molecule has 10 heteroatoms. The molecule has 1 N–H and O–H groups in total. The summed E-state index contributed by atoms with van der Waals surface area (Å²) in [5.41, 5.74) is -0.467. The summed E-state index contributed by atoms with van der Waals surface area (Å²) in [5, 5.41) is 13.8. The zero-order valence-corrected chi connectivity index (χ0v) is 16.7. The van der Waals surface area contributed by atoms with Gasteiger partial charge < -0.3 is 10.2 Å². The number of amides is 1. The smallest absolute Gasteiger partial charge is 0.287 e. The number of nitrogens with zero attached hydrogens (tertiary/aromatic N) is 4. The van der Waals surface area contributed by atoms with Crippen molar-refractivity contribution in [1.82, 2.24) is 20.2 Å². The molecule has 1 aliphatic heterocycles. The maximum atomic E-state index is 15.0. The van der Waals surface area contributed by atoms with Crippen molar-refractivity contribution in [3.8, 4) is 0 Å². The molecule has 2 aromatic rings. The van der Waals surface area contributed by atoms with Crippen molar-refractivity contribution in [1.29, 1.82) is 0 Å². The number of nitrogens with one attached hydrogen (secondary N) is 1. The van der Waals surface area contributed by atoms with E-state index in [0.717, 1.165) is 5.56 Å². The van der Waals surface area contributed by atoms with Crippen LogP contribution in [0.15, 0.2) is 30.6 Å². The number of aryl methyl sites for hydroxylation is 1. The Kier molecular flexibility index (Phi) is 6.39. The molecule has 0 atom stereocenters. The fourth-order valence-corrected chi connectivity index (χ4v) is 3.42. The summed E-state index contributed by atoms with van der Waals surface area (Å²) in [4.78, 5) is 32.7. The third-order valence-electron chi connectivity index (χ3n) is 4.90. The third-order valence-corrected chi connectivity index (χ3v) is 5.20. The van der Waals surface area contributed by atoms with E-state index < -0.39 is 10.6 Å². The fraction of sp³-hybridized carbons (Fsp3) is 0.421. The van der Waals surface area contributed by atoms with E-state index >= 15 is 4.39 Å². The minimum absolute atomic E-state index is 0.0970. The molecule has 1 fully saturated rings. The Morgan fingerprint density at radius 2 is 2.00 bits per heavy atom. The number of nitro groups is 1. The summed E-state index contributed by atoms with van der Waals surface area (Å²) < 4.78 is 15.0. The molecule has 3 rings (SSSR count). The van der Waals surface area contributed by atoms with Crippen LogP contribution < -0.4 is 5.32 Å². The quantitative estimate of drug-likeness (QED) is 0.568. The minimum atomic E-state index is -1.42. The number of nitro benzene ring substituents is 1. The molecule has 1 aromatic carbocycles. The topological polar surface area (TPSA) is 101 Å². The highest BCUT2D eigenvalue weighted by molar-refractivity contribution is 6.33. The molecule has 1 saturated heterocycles. The van der Waals surface area contributed by atoms with Gasteiger partial charge in [0.2, 0.25) is 0 Å². The number of carbonyl (C=O) groups excluding carboxylic acids is 1. The van der Waals surface area contributed by atoms with Crippen LogP contribution in [0.5, 0.6) is 0 Å². The van der Waals surface area contributed by atoms with Gasteiger partial charge in [-0.15, -0.1) is 0 Å². The number of carbonyl (C=O) groups is 1. The Balaban J connectivity index is 1.52. The van der Waals surface area contributed by atoms with Crippen LogP contribution in [-0.4, -0.2) is 51.0 Å². The molecule has 1 aliphatic rings. The molecule has 1 aromatic heterocycles. The lowest BCUT2D eigenvalue weighted by atomic mass is 9.92. The summed E-state index contributed by atoms with van der Waals surface area (Å²) in [6, 6.07) is 3.85. The van der Waals surface area contributed by atoms with Crippen LogP contribution in [0.3, 0.4) is 0 Å². The predicted molar refractivity (Wildman–Crippen MR) is 106 cm³/mol. The number of benzene rings is 1. The maximum Gasteiger partial charge on any atom is 0.287 e. The van der Waals surface area contributed by atoms with Crippen LogP contribution >= 0.6 is 11.6 Å². The van der Waals surface area contributed by atoms with Crippen molar-refractivity contribution in [2.75, 3.05) is 19.6 Å². The Morgan fingerprint density at radius 3 is 2.59 bits per heavy atom. The predicted octanol–water partition coefficient (Wildman–Crippen LogP) is 3.08. The average molecular weight is 422 g/mol.